The zero-order valence-corrected chi connectivity index (χ0v) is 26.1. The van der Waals surface area contributed by atoms with Gasteiger partial charge in [-0.15, -0.1) is 0 Å². The van der Waals surface area contributed by atoms with Gasteiger partial charge in [-0.25, -0.2) is 4.79 Å². The molecule has 1 aliphatic heterocycles. The summed E-state index contributed by atoms with van der Waals surface area (Å²) in [5.74, 6) is 0.520. The van der Waals surface area contributed by atoms with Crippen LogP contribution in [0.5, 0.6) is 0 Å². The fourth-order valence-corrected chi connectivity index (χ4v) is 5.08. The molecule has 2 rings (SSSR count). The molecule has 3 atom stereocenters. The molecule has 1 aliphatic rings. The Morgan fingerprint density at radius 2 is 1.74 bits per heavy atom. The molecule has 0 saturated carbocycles. The van der Waals surface area contributed by atoms with Gasteiger partial charge in [0.25, 0.3) is 0 Å². The molecular formula is C32H54N2O5. The van der Waals surface area contributed by atoms with Crippen LogP contribution in [0, 0.1) is 17.3 Å². The van der Waals surface area contributed by atoms with Crippen molar-refractivity contribution in [3.8, 4) is 0 Å². The van der Waals surface area contributed by atoms with E-state index in [0.29, 0.717) is 32.1 Å². The van der Waals surface area contributed by atoms with Crippen molar-refractivity contribution in [3.63, 3.8) is 0 Å². The monoisotopic (exact) mass is 546 g/mol. The number of hydrogen-bond acceptors (Lipinski definition) is 5. The maximum atomic E-state index is 13.5. The van der Waals surface area contributed by atoms with Crippen LogP contribution < -0.4 is 5.32 Å². The van der Waals surface area contributed by atoms with Gasteiger partial charge in [0.1, 0.15) is 11.3 Å². The Balaban J connectivity index is 2.24. The highest BCUT2D eigenvalue weighted by molar-refractivity contribution is 5.81. The zero-order valence-electron chi connectivity index (χ0n) is 26.1. The second kappa shape index (κ2) is 14.0. The van der Waals surface area contributed by atoms with Gasteiger partial charge in [0.05, 0.1) is 25.4 Å². The van der Waals surface area contributed by atoms with E-state index in [4.69, 9.17) is 14.2 Å². The first kappa shape index (κ1) is 33.1. The number of amides is 2. The predicted octanol–water partition coefficient (Wildman–Crippen LogP) is 6.94. The van der Waals surface area contributed by atoms with E-state index in [0.717, 1.165) is 24.8 Å². The molecule has 0 aliphatic carbocycles. The molecule has 7 heteroatoms. The van der Waals surface area contributed by atoms with E-state index in [1.54, 1.807) is 4.90 Å². The lowest BCUT2D eigenvalue weighted by atomic mass is 9.85. The molecule has 0 radical (unpaired) electrons. The van der Waals surface area contributed by atoms with Crippen molar-refractivity contribution in [2.75, 3.05) is 13.2 Å². The molecule has 1 aromatic rings. The standard InChI is InChI=1S/C32H54N2O5/c1-11-12-18-31(7,8)28(35)33-20-27-26(34(32(9,10)38-27)29(36)39-30(4,5)6)19-25(23(2)3)22-37-21-24-16-14-13-15-17-24/h13-17,23,25-27H,11-12,18-22H2,1-10H3,(H,33,35)/t25-,26?,27?/m1/s1. The minimum Gasteiger partial charge on any atom is -0.444 e. The topological polar surface area (TPSA) is 77.1 Å². The summed E-state index contributed by atoms with van der Waals surface area (Å²) in [5.41, 5.74) is -0.848. The molecule has 1 N–H and O–H groups in total. The number of nitrogens with zero attached hydrogens (tertiary/aromatic N) is 1. The van der Waals surface area contributed by atoms with Gasteiger partial charge in [-0.2, -0.15) is 0 Å². The fraction of sp³-hybridized carbons (Fsp3) is 0.750. The number of carbonyl (C=O) groups excluding carboxylic acids is 2. The number of unbranched alkanes of at least 4 members (excludes halogenated alkanes) is 1. The summed E-state index contributed by atoms with van der Waals surface area (Å²) in [4.78, 5) is 28.4. The molecule has 222 valence electrons. The number of benzene rings is 1. The Bertz CT molecular complexity index is 907. The highest BCUT2D eigenvalue weighted by atomic mass is 16.6. The van der Waals surface area contributed by atoms with Crippen molar-refractivity contribution in [1.82, 2.24) is 10.2 Å². The van der Waals surface area contributed by atoms with Gasteiger partial charge in [0.15, 0.2) is 0 Å². The number of nitrogens with one attached hydrogen (secondary N) is 1. The summed E-state index contributed by atoms with van der Waals surface area (Å²) in [7, 11) is 0. The third kappa shape index (κ3) is 10.1. The average Bonchev–Trinajstić information content (AvgIpc) is 3.09. The maximum Gasteiger partial charge on any atom is 0.412 e. The van der Waals surface area contributed by atoms with Crippen molar-refractivity contribution in [1.29, 1.82) is 0 Å². The Hall–Kier alpha value is -2.12. The molecule has 0 spiro atoms. The second-order valence-electron chi connectivity index (χ2n) is 13.5. The van der Waals surface area contributed by atoms with Gasteiger partial charge in [-0.05, 0) is 64.9 Å². The Morgan fingerprint density at radius 1 is 1.10 bits per heavy atom. The van der Waals surface area contributed by atoms with E-state index in [-0.39, 0.29) is 24.0 Å². The van der Waals surface area contributed by atoms with E-state index in [2.05, 4.69) is 38.2 Å². The SMILES string of the molecule is CCCCC(C)(C)C(=O)NCC1OC(C)(C)N(C(=O)OC(C)(C)C)C1C[C@H](COCc1ccccc1)C(C)C. The van der Waals surface area contributed by atoms with Crippen LogP contribution in [0.1, 0.15) is 100 Å². The smallest absolute Gasteiger partial charge is 0.412 e. The zero-order chi connectivity index (χ0) is 29.4. The normalized spacial score (nSPS) is 20.2. The van der Waals surface area contributed by atoms with Crippen molar-refractivity contribution in [3.05, 3.63) is 35.9 Å². The summed E-state index contributed by atoms with van der Waals surface area (Å²) in [6.07, 6.45) is 2.78. The van der Waals surface area contributed by atoms with E-state index in [1.165, 1.54) is 0 Å². The van der Waals surface area contributed by atoms with E-state index in [1.807, 2.05) is 66.7 Å². The number of rotatable bonds is 13. The van der Waals surface area contributed by atoms with Crippen LogP contribution in [-0.2, 0) is 25.6 Å². The molecule has 2 unspecified atom stereocenters. The molecule has 1 heterocycles. The highest BCUT2D eigenvalue weighted by Crippen LogP contribution is 2.38. The number of carbonyl (C=O) groups is 2. The van der Waals surface area contributed by atoms with Crippen LogP contribution >= 0.6 is 0 Å². The van der Waals surface area contributed by atoms with Crippen molar-refractivity contribution < 1.29 is 23.8 Å². The third-order valence-corrected chi connectivity index (χ3v) is 7.54. The van der Waals surface area contributed by atoms with Crippen LogP contribution in [-0.4, -0.2) is 53.5 Å². The number of hydrogen-bond donors (Lipinski definition) is 1. The molecule has 0 aromatic heterocycles. The van der Waals surface area contributed by atoms with Gasteiger partial charge in [0.2, 0.25) is 5.91 Å². The van der Waals surface area contributed by atoms with Gasteiger partial charge in [-0.1, -0.05) is 77.8 Å². The molecule has 7 nitrogen and oxygen atoms in total. The summed E-state index contributed by atoms with van der Waals surface area (Å²) < 4.78 is 18.5. The summed E-state index contributed by atoms with van der Waals surface area (Å²) in [6, 6.07) is 9.86. The van der Waals surface area contributed by atoms with E-state index < -0.39 is 22.8 Å². The molecular weight excluding hydrogens is 492 g/mol. The van der Waals surface area contributed by atoms with Crippen molar-refractivity contribution >= 4 is 12.0 Å². The quantitative estimate of drug-likeness (QED) is 0.290. The highest BCUT2D eigenvalue weighted by Gasteiger charge is 2.52. The first-order chi connectivity index (χ1) is 18.1. The largest absolute Gasteiger partial charge is 0.444 e. The second-order valence-corrected chi connectivity index (χ2v) is 13.5. The van der Waals surface area contributed by atoms with Gasteiger partial charge >= 0.3 is 6.09 Å². The third-order valence-electron chi connectivity index (χ3n) is 7.54. The Kier molecular flexibility index (Phi) is 11.9. The fourth-order valence-electron chi connectivity index (χ4n) is 5.08. The van der Waals surface area contributed by atoms with E-state index >= 15 is 0 Å². The molecule has 0 bridgehead atoms. The Morgan fingerprint density at radius 3 is 2.31 bits per heavy atom. The maximum absolute atomic E-state index is 13.5. The van der Waals surface area contributed by atoms with Crippen LogP contribution in [0.25, 0.3) is 0 Å². The van der Waals surface area contributed by atoms with Crippen LogP contribution in [0.2, 0.25) is 0 Å². The average molecular weight is 547 g/mol. The van der Waals surface area contributed by atoms with Gasteiger partial charge < -0.3 is 19.5 Å². The lowest BCUT2D eigenvalue weighted by Gasteiger charge is -2.37. The first-order valence-electron chi connectivity index (χ1n) is 14.7. The van der Waals surface area contributed by atoms with Gasteiger partial charge in [-0.3, -0.25) is 9.69 Å². The van der Waals surface area contributed by atoms with Gasteiger partial charge in [0, 0.05) is 12.0 Å². The van der Waals surface area contributed by atoms with Crippen LogP contribution in [0.15, 0.2) is 30.3 Å². The molecule has 1 fully saturated rings. The summed E-state index contributed by atoms with van der Waals surface area (Å²) in [5, 5.41) is 3.14. The van der Waals surface area contributed by atoms with E-state index in [9.17, 15) is 9.59 Å². The molecule has 2 amide bonds. The molecule has 1 saturated heterocycles. The summed E-state index contributed by atoms with van der Waals surface area (Å²) >= 11 is 0. The molecule has 39 heavy (non-hydrogen) atoms. The summed E-state index contributed by atoms with van der Waals surface area (Å²) in [6.45, 7) is 21.3. The minimum absolute atomic E-state index is 0.0124. The first-order valence-corrected chi connectivity index (χ1v) is 14.7. The van der Waals surface area contributed by atoms with Crippen molar-refractivity contribution in [2.24, 2.45) is 17.3 Å². The minimum atomic E-state index is -0.882. The Labute approximate surface area is 237 Å². The van der Waals surface area contributed by atoms with Crippen molar-refractivity contribution in [2.45, 2.75) is 125 Å². The predicted molar refractivity (Wildman–Crippen MR) is 156 cm³/mol. The lowest BCUT2D eigenvalue weighted by Crippen LogP contribution is -2.52. The van der Waals surface area contributed by atoms with Crippen LogP contribution in [0.4, 0.5) is 4.79 Å². The lowest BCUT2D eigenvalue weighted by molar-refractivity contribution is -0.131. The van der Waals surface area contributed by atoms with Crippen LogP contribution in [0.3, 0.4) is 0 Å². The molecule has 1 aromatic carbocycles. The number of ether oxygens (including phenoxy) is 3.